The van der Waals surface area contributed by atoms with Crippen LogP contribution in [0.5, 0.6) is 5.75 Å². The van der Waals surface area contributed by atoms with Crippen molar-refractivity contribution in [3.05, 3.63) is 126 Å². The third-order valence-electron chi connectivity index (χ3n) is 7.42. The van der Waals surface area contributed by atoms with Gasteiger partial charge in [0.2, 0.25) is 11.8 Å². The number of nitrogens with zero attached hydrogens (tertiary/aromatic N) is 4. The number of nitrogen functional groups attached to an aromatic ring is 2. The molecule has 4 aromatic rings. The molecule has 0 radical (unpaired) electrons. The number of benzene rings is 3. The van der Waals surface area contributed by atoms with Crippen LogP contribution in [0, 0.1) is 10.8 Å². The molecule has 1 aliphatic heterocycles. The highest BCUT2D eigenvalue weighted by atomic mass is 32.2. The molecule has 1 saturated heterocycles. The third kappa shape index (κ3) is 21.0. The molecule has 62 heavy (non-hydrogen) atoms. The van der Waals surface area contributed by atoms with Gasteiger partial charge in [0.05, 0.1) is 23.2 Å². The van der Waals surface area contributed by atoms with Gasteiger partial charge in [-0.3, -0.25) is 40.7 Å². The summed E-state index contributed by atoms with van der Waals surface area (Å²) >= 11 is 1.05. The SMILES string of the molecule is CC(=O)NCC(=O)O.CN(CCOc1ccc(CC2SC(=O)NC2=O)cc1)c1ccccn1.N=C(N)c1ccc(/N=N/Nc2ccc(C(=N)N)cc2)cc1.O=C(O)/C=C\C(=O)O. The Balaban J connectivity index is 0.000000320. The van der Waals surface area contributed by atoms with E-state index >= 15 is 0 Å². The zero-order valence-corrected chi connectivity index (χ0v) is 34.2. The molecule has 1 fully saturated rings. The number of amidine groups is 2. The maximum atomic E-state index is 11.6. The fraction of sp³-hybridized carbons (Fsp3) is 0.175. The van der Waals surface area contributed by atoms with Crippen molar-refractivity contribution in [1.82, 2.24) is 15.6 Å². The van der Waals surface area contributed by atoms with Crippen molar-refractivity contribution in [1.29, 1.82) is 10.8 Å². The molecule has 1 unspecified atom stereocenters. The second-order valence-electron chi connectivity index (χ2n) is 12.3. The molecule has 1 atom stereocenters. The number of thioether (sulfide) groups is 1. The van der Waals surface area contributed by atoms with E-state index in [4.69, 9.17) is 42.3 Å². The molecular formula is C40H45N11O10S. The van der Waals surface area contributed by atoms with Crippen molar-refractivity contribution in [2.75, 3.05) is 37.1 Å². The third-order valence-corrected chi connectivity index (χ3v) is 8.40. The molecule has 1 aliphatic rings. The second kappa shape index (κ2) is 26.8. The molecule has 0 bridgehead atoms. The average molecular weight is 872 g/mol. The predicted molar refractivity (Wildman–Crippen MR) is 232 cm³/mol. The van der Waals surface area contributed by atoms with Crippen molar-refractivity contribution in [2.45, 2.75) is 18.6 Å². The van der Waals surface area contributed by atoms with Gasteiger partial charge >= 0.3 is 17.9 Å². The van der Waals surface area contributed by atoms with E-state index in [-0.39, 0.29) is 40.5 Å². The number of carbonyl (C=O) groups is 6. The van der Waals surface area contributed by atoms with Crippen LogP contribution in [0.3, 0.4) is 0 Å². The molecule has 3 aromatic carbocycles. The van der Waals surface area contributed by atoms with Gasteiger partial charge in [0.15, 0.2) is 0 Å². The molecule has 326 valence electrons. The number of amides is 3. The molecular weight excluding hydrogens is 827 g/mol. The number of carboxylic acids is 3. The lowest BCUT2D eigenvalue weighted by Gasteiger charge is -2.18. The minimum Gasteiger partial charge on any atom is -0.492 e. The Morgan fingerprint density at radius 3 is 1.92 bits per heavy atom. The summed E-state index contributed by atoms with van der Waals surface area (Å²) in [5.74, 6) is -2.36. The van der Waals surface area contributed by atoms with E-state index in [0.29, 0.717) is 42.0 Å². The van der Waals surface area contributed by atoms with E-state index in [1.54, 1.807) is 54.7 Å². The Hall–Kier alpha value is -8.14. The van der Waals surface area contributed by atoms with Crippen LogP contribution >= 0.6 is 11.8 Å². The Kier molecular flexibility index (Phi) is 21.6. The molecule has 21 nitrogen and oxygen atoms in total. The topological polar surface area (TPSA) is 349 Å². The van der Waals surface area contributed by atoms with Gasteiger partial charge in [-0.15, -0.1) is 5.11 Å². The first-order valence-electron chi connectivity index (χ1n) is 17.9. The number of nitrogens with two attached hydrogens (primary N) is 2. The fourth-order valence-corrected chi connectivity index (χ4v) is 5.23. The molecule has 0 aliphatic carbocycles. The van der Waals surface area contributed by atoms with E-state index in [9.17, 15) is 28.8 Å². The van der Waals surface area contributed by atoms with Crippen molar-refractivity contribution in [3.63, 3.8) is 0 Å². The lowest BCUT2D eigenvalue weighted by Crippen LogP contribution is -2.26. The van der Waals surface area contributed by atoms with E-state index < -0.39 is 17.9 Å². The van der Waals surface area contributed by atoms with Crippen LogP contribution in [0.2, 0.25) is 0 Å². The van der Waals surface area contributed by atoms with Crippen LogP contribution in [0.25, 0.3) is 0 Å². The summed E-state index contributed by atoms with van der Waals surface area (Å²) in [5.41, 5.74) is 17.2. The van der Waals surface area contributed by atoms with Crippen molar-refractivity contribution < 1.29 is 48.8 Å². The predicted octanol–water partition coefficient (Wildman–Crippen LogP) is 3.78. The highest BCUT2D eigenvalue weighted by Crippen LogP contribution is 2.24. The number of anilines is 2. The summed E-state index contributed by atoms with van der Waals surface area (Å²) in [7, 11) is 1.97. The lowest BCUT2D eigenvalue weighted by molar-refractivity contribution is -0.137. The minimum atomic E-state index is -1.26. The number of pyridine rings is 1. The van der Waals surface area contributed by atoms with Gasteiger partial charge in [-0.1, -0.05) is 35.2 Å². The summed E-state index contributed by atoms with van der Waals surface area (Å²) in [5, 5.41) is 49.8. The van der Waals surface area contributed by atoms with Crippen LogP contribution in [0.4, 0.5) is 22.0 Å². The number of ether oxygens (including phenoxy) is 1. The summed E-state index contributed by atoms with van der Waals surface area (Å²) in [6.45, 7) is 2.24. The van der Waals surface area contributed by atoms with E-state index in [0.717, 1.165) is 41.1 Å². The van der Waals surface area contributed by atoms with Gasteiger partial charge in [-0.25, -0.2) is 14.6 Å². The Morgan fingerprint density at radius 1 is 0.887 bits per heavy atom. The minimum absolute atomic E-state index is 0.0159. The molecule has 12 N–H and O–H groups in total. The van der Waals surface area contributed by atoms with Gasteiger partial charge in [-0.2, -0.15) is 0 Å². The molecule has 5 rings (SSSR count). The number of carboxylic acid groups (broad SMARTS) is 3. The summed E-state index contributed by atoms with van der Waals surface area (Å²) in [6.07, 6.45) is 3.41. The molecule has 0 saturated carbocycles. The van der Waals surface area contributed by atoms with E-state index in [1.807, 2.05) is 54.4 Å². The van der Waals surface area contributed by atoms with Gasteiger partial charge in [0.25, 0.3) is 5.24 Å². The maximum Gasteiger partial charge on any atom is 0.328 e. The van der Waals surface area contributed by atoms with Gasteiger partial charge in [-0.05, 0) is 84.8 Å². The number of rotatable bonds is 16. The first-order chi connectivity index (χ1) is 29.4. The number of likely N-dealkylation sites (N-methyl/N-ethyl adjacent to an activating group) is 1. The molecule has 1 aromatic heterocycles. The molecule has 2 heterocycles. The van der Waals surface area contributed by atoms with Gasteiger partial charge in [0.1, 0.15) is 36.4 Å². The number of hydrogen-bond donors (Lipinski definition) is 10. The summed E-state index contributed by atoms with van der Waals surface area (Å²) < 4.78 is 5.75. The fourth-order valence-electron chi connectivity index (χ4n) is 4.37. The largest absolute Gasteiger partial charge is 0.492 e. The normalized spacial score (nSPS) is 12.5. The Bertz CT molecular complexity index is 2180. The number of imide groups is 1. The zero-order valence-electron chi connectivity index (χ0n) is 33.3. The second-order valence-corrected chi connectivity index (χ2v) is 13.4. The Morgan fingerprint density at radius 2 is 1.47 bits per heavy atom. The maximum absolute atomic E-state index is 11.6. The smallest absolute Gasteiger partial charge is 0.328 e. The van der Waals surface area contributed by atoms with Crippen LogP contribution in [0.15, 0.2) is 120 Å². The Labute approximate surface area is 359 Å². The number of aromatic nitrogens is 1. The van der Waals surface area contributed by atoms with Crippen LogP contribution in [-0.4, -0.2) is 98.9 Å². The van der Waals surface area contributed by atoms with Gasteiger partial charge < -0.3 is 41.7 Å². The molecule has 22 heteroatoms. The first kappa shape index (κ1) is 50.0. The lowest BCUT2D eigenvalue weighted by atomic mass is 10.1. The summed E-state index contributed by atoms with van der Waals surface area (Å²) in [6, 6.07) is 27.2. The highest BCUT2D eigenvalue weighted by molar-refractivity contribution is 8.15. The quantitative estimate of drug-likeness (QED) is 0.0252. The monoisotopic (exact) mass is 871 g/mol. The van der Waals surface area contributed by atoms with Crippen molar-refractivity contribution in [2.24, 2.45) is 21.8 Å². The molecule has 0 spiro atoms. The number of carbonyl (C=O) groups excluding carboxylic acids is 3. The van der Waals surface area contributed by atoms with Gasteiger partial charge in [0, 0.05) is 43.4 Å². The number of aliphatic carboxylic acids is 3. The van der Waals surface area contributed by atoms with Crippen LogP contribution in [-0.2, 0) is 30.4 Å². The summed E-state index contributed by atoms with van der Waals surface area (Å²) in [4.78, 5) is 67.9. The van der Waals surface area contributed by atoms with Crippen LogP contribution < -0.4 is 37.2 Å². The van der Waals surface area contributed by atoms with E-state index in [2.05, 4.69) is 31.4 Å². The standard InChI is InChI=1S/C18H19N3O3S.C14H15N7.C4H7NO3.C4H4O4/c1-21(16-4-2-3-9-19-16)10-11-24-14-7-5-13(6-8-14)12-15-17(22)20-18(23)25-15;15-13(16)9-1-5-11(6-2-9)19-21-20-12-7-3-10(4-8-12)14(17)18;1-3(6)5-2-4(7)8;5-3(6)1-2-4(7)8/h2-9,15H,10-12H2,1H3,(H,20,22,23);1-8H,(H3,15,16)(H3,17,18)(H,19,20);2H2,1H3,(H,5,6)(H,7,8);1-2H,(H,5,6)(H,7,8)/b;;;2-1-. The molecule has 3 amide bonds. The van der Waals surface area contributed by atoms with E-state index in [1.165, 1.54) is 6.92 Å². The average Bonchev–Trinajstić information content (AvgIpc) is 3.56. The van der Waals surface area contributed by atoms with Crippen molar-refractivity contribution >= 4 is 75.6 Å². The van der Waals surface area contributed by atoms with Crippen molar-refractivity contribution in [3.8, 4) is 5.75 Å². The number of hydrogen-bond acceptors (Lipinski definition) is 14. The van der Waals surface area contributed by atoms with Crippen LogP contribution in [0.1, 0.15) is 23.6 Å². The first-order valence-corrected chi connectivity index (χ1v) is 18.8. The number of nitrogens with one attached hydrogen (secondary N) is 5. The highest BCUT2D eigenvalue weighted by Gasteiger charge is 2.31. The zero-order chi connectivity index (χ0) is 46.0.